The normalized spacial score (nSPS) is 19.2. The number of rotatable bonds is 3. The van der Waals surface area contributed by atoms with Crippen LogP contribution in [0.1, 0.15) is 16.8 Å². The monoisotopic (exact) mass is 298 g/mol. The van der Waals surface area contributed by atoms with Gasteiger partial charge >= 0.3 is 0 Å². The summed E-state index contributed by atoms with van der Waals surface area (Å²) in [6.07, 6.45) is 1.01. The van der Waals surface area contributed by atoms with E-state index in [1.165, 1.54) is 0 Å². The molecule has 1 fully saturated rings. The Hall–Kier alpha value is -1.07. The Labute approximate surface area is 109 Å². The molecule has 0 saturated carbocycles. The Kier molecular flexibility index (Phi) is 4.02. The number of carbonyl (C=O) groups is 1. The lowest BCUT2D eigenvalue weighted by atomic mass is 10.1. The van der Waals surface area contributed by atoms with Crippen LogP contribution in [-0.2, 0) is 4.74 Å². The molecule has 0 radical (unpaired) electrons. The molecule has 2 rings (SSSR count). The molecule has 0 spiro atoms. The minimum Gasteiger partial charge on any atom is -0.399 e. The molecule has 1 atom stereocenters. The van der Waals surface area contributed by atoms with E-state index >= 15 is 0 Å². The first-order valence-corrected chi connectivity index (χ1v) is 6.37. The van der Waals surface area contributed by atoms with Crippen LogP contribution in [0.4, 0.5) is 5.69 Å². The first kappa shape index (κ1) is 12.4. The standard InChI is InChI=1S/C12H15BrN2O2/c13-11-2-1-9(14)5-10(11)12(16)15-6-8-3-4-17-7-8/h1-2,5,8H,3-4,6-7,14H2,(H,15,16). The highest BCUT2D eigenvalue weighted by Gasteiger charge is 2.17. The molecule has 1 aliphatic rings. The van der Waals surface area contributed by atoms with E-state index in [1.54, 1.807) is 18.2 Å². The summed E-state index contributed by atoms with van der Waals surface area (Å²) in [5.74, 6) is 0.329. The maximum atomic E-state index is 11.9. The Morgan fingerprint density at radius 3 is 3.12 bits per heavy atom. The van der Waals surface area contributed by atoms with Crippen molar-refractivity contribution in [2.24, 2.45) is 5.92 Å². The van der Waals surface area contributed by atoms with Gasteiger partial charge in [0.1, 0.15) is 0 Å². The average molecular weight is 299 g/mol. The van der Waals surface area contributed by atoms with Crippen LogP contribution < -0.4 is 11.1 Å². The van der Waals surface area contributed by atoms with Crippen molar-refractivity contribution in [2.45, 2.75) is 6.42 Å². The maximum absolute atomic E-state index is 11.9. The van der Waals surface area contributed by atoms with Gasteiger partial charge in [0, 0.05) is 29.2 Å². The van der Waals surface area contributed by atoms with Gasteiger partial charge in [-0.2, -0.15) is 0 Å². The van der Waals surface area contributed by atoms with E-state index in [4.69, 9.17) is 10.5 Å². The highest BCUT2D eigenvalue weighted by atomic mass is 79.9. The van der Waals surface area contributed by atoms with Crippen molar-refractivity contribution in [1.82, 2.24) is 5.32 Å². The fourth-order valence-corrected chi connectivity index (χ4v) is 2.22. The van der Waals surface area contributed by atoms with Crippen LogP contribution in [0.2, 0.25) is 0 Å². The molecular weight excluding hydrogens is 284 g/mol. The molecule has 1 aromatic carbocycles. The van der Waals surface area contributed by atoms with Crippen LogP contribution in [0.5, 0.6) is 0 Å². The minimum atomic E-state index is -0.101. The van der Waals surface area contributed by atoms with Crippen LogP contribution in [0, 0.1) is 5.92 Å². The van der Waals surface area contributed by atoms with Crippen molar-refractivity contribution in [3.8, 4) is 0 Å². The minimum absolute atomic E-state index is 0.101. The quantitative estimate of drug-likeness (QED) is 0.837. The maximum Gasteiger partial charge on any atom is 0.252 e. The summed E-state index contributed by atoms with van der Waals surface area (Å²) in [6.45, 7) is 2.18. The van der Waals surface area contributed by atoms with Gasteiger partial charge in [0.2, 0.25) is 0 Å². The van der Waals surface area contributed by atoms with Gasteiger partial charge in [-0.05, 0) is 40.5 Å². The SMILES string of the molecule is Nc1ccc(Br)c(C(=O)NCC2CCOC2)c1. The highest BCUT2D eigenvalue weighted by Crippen LogP contribution is 2.19. The van der Waals surface area contributed by atoms with Crippen molar-refractivity contribution in [2.75, 3.05) is 25.5 Å². The molecule has 3 N–H and O–H groups in total. The zero-order valence-corrected chi connectivity index (χ0v) is 11.0. The van der Waals surface area contributed by atoms with Gasteiger partial charge in [0.15, 0.2) is 0 Å². The van der Waals surface area contributed by atoms with Gasteiger partial charge in [-0.15, -0.1) is 0 Å². The number of anilines is 1. The number of nitrogens with two attached hydrogens (primary N) is 1. The number of ether oxygens (including phenoxy) is 1. The Bertz CT molecular complexity index is 417. The molecule has 92 valence electrons. The van der Waals surface area contributed by atoms with Crippen LogP contribution in [0.3, 0.4) is 0 Å². The number of hydrogen-bond donors (Lipinski definition) is 2. The van der Waals surface area contributed by atoms with E-state index in [0.717, 1.165) is 24.1 Å². The van der Waals surface area contributed by atoms with Gasteiger partial charge in [-0.1, -0.05) is 0 Å². The zero-order chi connectivity index (χ0) is 12.3. The van der Waals surface area contributed by atoms with Crippen molar-refractivity contribution in [1.29, 1.82) is 0 Å². The molecule has 1 saturated heterocycles. The van der Waals surface area contributed by atoms with Crippen LogP contribution in [-0.4, -0.2) is 25.7 Å². The molecule has 1 heterocycles. The second-order valence-corrected chi connectivity index (χ2v) is 5.03. The summed E-state index contributed by atoms with van der Waals surface area (Å²) in [6, 6.07) is 5.21. The van der Waals surface area contributed by atoms with Crippen LogP contribution in [0.25, 0.3) is 0 Å². The zero-order valence-electron chi connectivity index (χ0n) is 9.41. The van der Waals surface area contributed by atoms with Gasteiger partial charge in [-0.3, -0.25) is 4.79 Å². The fraction of sp³-hybridized carbons (Fsp3) is 0.417. The van der Waals surface area contributed by atoms with E-state index in [-0.39, 0.29) is 5.91 Å². The molecule has 0 aromatic heterocycles. The molecule has 1 unspecified atom stereocenters. The third kappa shape index (κ3) is 3.20. The molecule has 17 heavy (non-hydrogen) atoms. The van der Waals surface area contributed by atoms with Crippen molar-refractivity contribution in [3.63, 3.8) is 0 Å². The summed E-state index contributed by atoms with van der Waals surface area (Å²) < 4.78 is 6.01. The summed E-state index contributed by atoms with van der Waals surface area (Å²) >= 11 is 3.34. The summed E-state index contributed by atoms with van der Waals surface area (Å²) in [5.41, 5.74) is 6.82. The van der Waals surface area contributed by atoms with Gasteiger partial charge in [0.05, 0.1) is 12.2 Å². The van der Waals surface area contributed by atoms with Crippen molar-refractivity contribution in [3.05, 3.63) is 28.2 Å². The highest BCUT2D eigenvalue weighted by molar-refractivity contribution is 9.10. The first-order chi connectivity index (χ1) is 8.16. The summed E-state index contributed by atoms with van der Waals surface area (Å²) in [7, 11) is 0. The summed E-state index contributed by atoms with van der Waals surface area (Å²) in [5, 5.41) is 2.90. The Balaban J connectivity index is 1.96. The second-order valence-electron chi connectivity index (χ2n) is 4.18. The molecule has 4 nitrogen and oxygen atoms in total. The molecule has 0 bridgehead atoms. The number of nitrogens with one attached hydrogen (secondary N) is 1. The first-order valence-electron chi connectivity index (χ1n) is 5.58. The lowest BCUT2D eigenvalue weighted by Crippen LogP contribution is -2.29. The molecule has 5 heteroatoms. The number of amides is 1. The number of benzene rings is 1. The van der Waals surface area contributed by atoms with E-state index in [1.807, 2.05) is 0 Å². The van der Waals surface area contributed by atoms with Gasteiger partial charge in [-0.25, -0.2) is 0 Å². The van der Waals surface area contributed by atoms with E-state index in [0.29, 0.717) is 23.7 Å². The molecule has 1 aliphatic heterocycles. The van der Waals surface area contributed by atoms with E-state index in [9.17, 15) is 4.79 Å². The van der Waals surface area contributed by atoms with Crippen LogP contribution >= 0.6 is 15.9 Å². The Morgan fingerprint density at radius 2 is 2.41 bits per heavy atom. The third-order valence-corrected chi connectivity index (χ3v) is 3.50. The number of hydrogen-bond acceptors (Lipinski definition) is 3. The molecule has 1 amide bonds. The van der Waals surface area contributed by atoms with Gasteiger partial charge in [0.25, 0.3) is 5.91 Å². The molecule has 1 aromatic rings. The molecule has 0 aliphatic carbocycles. The third-order valence-electron chi connectivity index (χ3n) is 2.81. The average Bonchev–Trinajstić information content (AvgIpc) is 2.82. The van der Waals surface area contributed by atoms with Crippen molar-refractivity contribution >= 4 is 27.5 Å². The lowest BCUT2D eigenvalue weighted by Gasteiger charge is -2.10. The smallest absolute Gasteiger partial charge is 0.252 e. The van der Waals surface area contributed by atoms with E-state index in [2.05, 4.69) is 21.2 Å². The van der Waals surface area contributed by atoms with Crippen LogP contribution in [0.15, 0.2) is 22.7 Å². The number of halogens is 1. The largest absolute Gasteiger partial charge is 0.399 e. The second kappa shape index (κ2) is 5.51. The lowest BCUT2D eigenvalue weighted by molar-refractivity contribution is 0.0944. The Morgan fingerprint density at radius 1 is 1.59 bits per heavy atom. The fourth-order valence-electron chi connectivity index (χ4n) is 1.79. The predicted octanol–water partition coefficient (Wildman–Crippen LogP) is 1.80. The summed E-state index contributed by atoms with van der Waals surface area (Å²) in [4.78, 5) is 11.9. The number of carbonyl (C=O) groups excluding carboxylic acids is 1. The number of nitrogen functional groups attached to an aromatic ring is 1. The topological polar surface area (TPSA) is 64.4 Å². The van der Waals surface area contributed by atoms with E-state index < -0.39 is 0 Å². The van der Waals surface area contributed by atoms with Gasteiger partial charge < -0.3 is 15.8 Å². The van der Waals surface area contributed by atoms with Crippen molar-refractivity contribution < 1.29 is 9.53 Å². The predicted molar refractivity (Wildman–Crippen MR) is 69.8 cm³/mol. The molecular formula is C12H15BrN2O2.